The van der Waals surface area contributed by atoms with E-state index in [0.29, 0.717) is 19.5 Å². The molecule has 1 heterocycles. The molecule has 0 N–H and O–H groups in total. The first-order chi connectivity index (χ1) is 7.45. The minimum absolute atomic E-state index is 0.0923. The molecule has 0 aromatic heterocycles. The Hall–Kier alpha value is -0.930. The molecule has 0 aromatic carbocycles. The molecular formula is C12H17F2NO. The SMILES string of the molecule is C=C1CCN(C(=O)[C@]2(C)C[C@H]2C(F)F)CC1. The summed E-state index contributed by atoms with van der Waals surface area (Å²) >= 11 is 0. The lowest BCUT2D eigenvalue weighted by molar-refractivity contribution is -0.138. The third-order valence-electron chi connectivity index (χ3n) is 3.85. The zero-order valence-corrected chi connectivity index (χ0v) is 9.51. The Kier molecular flexibility index (Phi) is 2.76. The molecule has 0 radical (unpaired) electrons. The van der Waals surface area contributed by atoms with Crippen molar-refractivity contribution in [1.82, 2.24) is 4.90 Å². The van der Waals surface area contributed by atoms with Crippen LogP contribution in [-0.4, -0.2) is 30.3 Å². The van der Waals surface area contributed by atoms with Crippen LogP contribution in [0.5, 0.6) is 0 Å². The third kappa shape index (κ3) is 1.85. The third-order valence-corrected chi connectivity index (χ3v) is 3.85. The van der Waals surface area contributed by atoms with Crippen molar-refractivity contribution in [3.63, 3.8) is 0 Å². The highest BCUT2D eigenvalue weighted by Crippen LogP contribution is 2.56. The Morgan fingerprint density at radius 1 is 1.50 bits per heavy atom. The minimum atomic E-state index is -2.37. The van der Waals surface area contributed by atoms with Gasteiger partial charge in [-0.05, 0) is 19.3 Å². The molecule has 0 unspecified atom stereocenters. The van der Waals surface area contributed by atoms with Gasteiger partial charge in [-0.25, -0.2) is 8.78 Å². The number of halogens is 2. The summed E-state index contributed by atoms with van der Waals surface area (Å²) in [6, 6.07) is 0. The van der Waals surface area contributed by atoms with Gasteiger partial charge >= 0.3 is 0 Å². The molecule has 1 aliphatic carbocycles. The Morgan fingerprint density at radius 3 is 2.50 bits per heavy atom. The number of rotatable bonds is 2. The summed E-state index contributed by atoms with van der Waals surface area (Å²) in [5.41, 5.74) is 0.350. The molecule has 0 aromatic rings. The summed E-state index contributed by atoms with van der Waals surface area (Å²) in [5, 5.41) is 0. The van der Waals surface area contributed by atoms with Crippen molar-refractivity contribution in [1.29, 1.82) is 0 Å². The molecule has 1 saturated carbocycles. The highest BCUT2D eigenvalue weighted by molar-refractivity contribution is 5.85. The van der Waals surface area contributed by atoms with Gasteiger partial charge in [-0.1, -0.05) is 19.1 Å². The first-order valence-electron chi connectivity index (χ1n) is 5.69. The average molecular weight is 229 g/mol. The summed E-state index contributed by atoms with van der Waals surface area (Å²) < 4.78 is 25.0. The highest BCUT2D eigenvalue weighted by Gasteiger charge is 2.61. The molecule has 1 aliphatic heterocycles. The average Bonchev–Trinajstić information content (AvgIpc) is 2.93. The molecule has 2 aliphatic rings. The monoisotopic (exact) mass is 229 g/mol. The van der Waals surface area contributed by atoms with E-state index in [4.69, 9.17) is 0 Å². The second kappa shape index (κ2) is 3.82. The maximum absolute atomic E-state index is 12.5. The molecule has 0 spiro atoms. The quantitative estimate of drug-likeness (QED) is 0.666. The van der Waals surface area contributed by atoms with Gasteiger partial charge in [-0.2, -0.15) is 0 Å². The first-order valence-corrected chi connectivity index (χ1v) is 5.69. The van der Waals surface area contributed by atoms with Crippen LogP contribution < -0.4 is 0 Å². The molecular weight excluding hydrogens is 212 g/mol. The van der Waals surface area contributed by atoms with Gasteiger partial charge in [-0.3, -0.25) is 4.79 Å². The van der Waals surface area contributed by atoms with Crippen molar-refractivity contribution in [2.45, 2.75) is 32.6 Å². The van der Waals surface area contributed by atoms with Crippen molar-refractivity contribution < 1.29 is 13.6 Å². The van der Waals surface area contributed by atoms with Gasteiger partial charge in [0.05, 0.1) is 5.41 Å². The molecule has 0 bridgehead atoms. The van der Waals surface area contributed by atoms with Crippen LogP contribution in [0.4, 0.5) is 8.78 Å². The number of carbonyl (C=O) groups excluding carboxylic acids is 1. The Labute approximate surface area is 94.3 Å². The van der Waals surface area contributed by atoms with E-state index in [1.54, 1.807) is 11.8 Å². The van der Waals surface area contributed by atoms with Crippen molar-refractivity contribution >= 4 is 5.91 Å². The number of likely N-dealkylation sites (tertiary alicyclic amines) is 1. The van der Waals surface area contributed by atoms with Gasteiger partial charge in [0.25, 0.3) is 0 Å². The fraction of sp³-hybridized carbons (Fsp3) is 0.750. The summed E-state index contributed by atoms with van der Waals surface area (Å²) in [7, 11) is 0. The topological polar surface area (TPSA) is 20.3 Å². The number of amides is 1. The van der Waals surface area contributed by atoms with E-state index in [1.165, 1.54) is 0 Å². The van der Waals surface area contributed by atoms with E-state index >= 15 is 0 Å². The van der Waals surface area contributed by atoms with Gasteiger partial charge < -0.3 is 4.90 Å². The van der Waals surface area contributed by atoms with Crippen molar-refractivity contribution in [3.8, 4) is 0 Å². The molecule has 16 heavy (non-hydrogen) atoms. The van der Waals surface area contributed by atoms with E-state index in [-0.39, 0.29) is 5.91 Å². The van der Waals surface area contributed by atoms with Crippen molar-refractivity contribution in [2.24, 2.45) is 11.3 Å². The standard InChI is InChI=1S/C12H17F2NO/c1-8-3-5-15(6-4-8)11(16)12(2)7-9(12)10(13)14/h9-10H,1,3-7H2,2H3/t9-,12+/m0/s1. The first kappa shape index (κ1) is 11.6. The molecule has 2 fully saturated rings. The number of nitrogens with zero attached hydrogens (tertiary/aromatic N) is 1. The summed E-state index contributed by atoms with van der Waals surface area (Å²) in [6.07, 6.45) is -0.419. The fourth-order valence-corrected chi connectivity index (χ4v) is 2.40. The zero-order valence-electron chi connectivity index (χ0n) is 9.51. The van der Waals surface area contributed by atoms with Gasteiger partial charge in [0, 0.05) is 19.0 Å². The van der Waals surface area contributed by atoms with Crippen LogP contribution in [0.3, 0.4) is 0 Å². The van der Waals surface area contributed by atoms with Crippen LogP contribution >= 0.6 is 0 Å². The molecule has 4 heteroatoms. The van der Waals surface area contributed by atoms with Crippen LogP contribution in [-0.2, 0) is 4.79 Å². The lowest BCUT2D eigenvalue weighted by Gasteiger charge is -2.30. The minimum Gasteiger partial charge on any atom is -0.342 e. The molecule has 1 saturated heterocycles. The Morgan fingerprint density at radius 2 is 2.06 bits per heavy atom. The zero-order chi connectivity index (χ0) is 11.9. The van der Waals surface area contributed by atoms with Crippen molar-refractivity contribution in [3.05, 3.63) is 12.2 Å². The second-order valence-electron chi connectivity index (χ2n) is 5.10. The molecule has 2 nitrogen and oxygen atoms in total. The van der Waals surface area contributed by atoms with E-state index in [9.17, 15) is 13.6 Å². The van der Waals surface area contributed by atoms with Gasteiger partial charge in [0.1, 0.15) is 0 Å². The summed E-state index contributed by atoms with van der Waals surface area (Å²) in [6.45, 7) is 6.82. The molecule has 1 amide bonds. The van der Waals surface area contributed by atoms with E-state index in [0.717, 1.165) is 18.4 Å². The van der Waals surface area contributed by atoms with Gasteiger partial charge in [-0.15, -0.1) is 0 Å². The Bertz CT molecular complexity index is 319. The van der Waals surface area contributed by atoms with Gasteiger partial charge in [0.15, 0.2) is 0 Å². The van der Waals surface area contributed by atoms with E-state index < -0.39 is 17.8 Å². The fourth-order valence-electron chi connectivity index (χ4n) is 2.40. The van der Waals surface area contributed by atoms with Crippen LogP contribution in [0.1, 0.15) is 26.2 Å². The highest BCUT2D eigenvalue weighted by atomic mass is 19.3. The predicted octanol–water partition coefficient (Wildman–Crippen LogP) is 2.46. The number of piperidine rings is 1. The van der Waals surface area contributed by atoms with Crippen molar-refractivity contribution in [2.75, 3.05) is 13.1 Å². The number of hydrogen-bond donors (Lipinski definition) is 0. The maximum Gasteiger partial charge on any atom is 0.242 e. The smallest absolute Gasteiger partial charge is 0.242 e. The largest absolute Gasteiger partial charge is 0.342 e. The number of carbonyl (C=O) groups is 1. The summed E-state index contributed by atoms with van der Waals surface area (Å²) in [5.74, 6) is -0.824. The molecule has 90 valence electrons. The van der Waals surface area contributed by atoms with E-state index in [2.05, 4.69) is 6.58 Å². The lowest BCUT2D eigenvalue weighted by atomic mass is 10.0. The van der Waals surface area contributed by atoms with E-state index in [1.807, 2.05) is 0 Å². The normalized spacial score (nSPS) is 34.4. The van der Waals surface area contributed by atoms with Crippen LogP contribution in [0.2, 0.25) is 0 Å². The summed E-state index contributed by atoms with van der Waals surface area (Å²) in [4.78, 5) is 13.8. The number of alkyl halides is 2. The lowest BCUT2D eigenvalue weighted by Crippen LogP contribution is -2.41. The number of hydrogen-bond acceptors (Lipinski definition) is 1. The van der Waals surface area contributed by atoms with Crippen LogP contribution in [0.15, 0.2) is 12.2 Å². The molecule has 2 rings (SSSR count). The predicted molar refractivity (Wildman–Crippen MR) is 57.2 cm³/mol. The van der Waals surface area contributed by atoms with Crippen LogP contribution in [0, 0.1) is 11.3 Å². The van der Waals surface area contributed by atoms with Gasteiger partial charge in [0.2, 0.25) is 12.3 Å². The van der Waals surface area contributed by atoms with Crippen LogP contribution in [0.25, 0.3) is 0 Å². The Balaban J connectivity index is 1.96. The maximum atomic E-state index is 12.5. The molecule has 2 atom stereocenters. The second-order valence-corrected chi connectivity index (χ2v) is 5.10.